The van der Waals surface area contributed by atoms with Crippen LogP contribution >= 0.6 is 0 Å². The minimum absolute atomic E-state index is 0.0536. The predicted octanol–water partition coefficient (Wildman–Crippen LogP) is 4.19. The lowest BCUT2D eigenvalue weighted by Crippen LogP contribution is -2.49. The Kier molecular flexibility index (Phi) is 6.20. The number of amides is 2. The molecule has 0 N–H and O–H groups in total. The summed E-state index contributed by atoms with van der Waals surface area (Å²) in [6, 6.07) is 12.2. The second kappa shape index (κ2) is 8.65. The summed E-state index contributed by atoms with van der Waals surface area (Å²) in [6.45, 7) is 0.0768. The summed E-state index contributed by atoms with van der Waals surface area (Å²) in [7, 11) is 4.55. The number of hydrogen-bond donors (Lipinski definition) is 0. The predicted molar refractivity (Wildman–Crippen MR) is 109 cm³/mol. The molecule has 1 atom stereocenters. The fourth-order valence-corrected chi connectivity index (χ4v) is 3.82. The van der Waals surface area contributed by atoms with Crippen molar-refractivity contribution in [3.63, 3.8) is 0 Å². The van der Waals surface area contributed by atoms with Crippen molar-refractivity contribution < 1.29 is 23.1 Å². The zero-order chi connectivity index (χ0) is 21.9. The highest BCUT2D eigenvalue weighted by Gasteiger charge is 2.45. The van der Waals surface area contributed by atoms with Crippen LogP contribution in [-0.2, 0) is 15.1 Å². The van der Waals surface area contributed by atoms with E-state index in [1.165, 1.54) is 12.0 Å². The number of hydrogen-bond acceptors (Lipinski definition) is 3. The monoisotopic (exact) mass is 414 g/mol. The van der Waals surface area contributed by atoms with Gasteiger partial charge in [0, 0.05) is 32.6 Å². The largest absolute Gasteiger partial charge is 0.469 e. The summed E-state index contributed by atoms with van der Waals surface area (Å²) in [6.07, 6.45) is 2.06. The maximum atomic E-state index is 14.5. The first-order chi connectivity index (χ1) is 14.3. The molecule has 0 aliphatic carbocycles. The van der Waals surface area contributed by atoms with Crippen molar-refractivity contribution in [1.29, 1.82) is 0 Å². The van der Waals surface area contributed by atoms with E-state index in [9.17, 15) is 18.4 Å². The van der Waals surface area contributed by atoms with Gasteiger partial charge in [-0.2, -0.15) is 0 Å². The molecule has 0 saturated carbocycles. The zero-order valence-electron chi connectivity index (χ0n) is 17.2. The third kappa shape index (κ3) is 4.06. The lowest BCUT2D eigenvalue weighted by Gasteiger charge is -2.39. The van der Waals surface area contributed by atoms with Crippen molar-refractivity contribution in [3.8, 4) is 0 Å². The first-order valence-electron chi connectivity index (χ1n) is 9.57. The van der Waals surface area contributed by atoms with Gasteiger partial charge in [-0.25, -0.2) is 13.6 Å². The van der Waals surface area contributed by atoms with E-state index in [4.69, 9.17) is 4.74 Å². The molecule has 158 valence electrons. The fourth-order valence-electron chi connectivity index (χ4n) is 3.82. The van der Waals surface area contributed by atoms with E-state index in [1.54, 1.807) is 25.1 Å². The molecule has 1 unspecified atom stereocenters. The van der Waals surface area contributed by atoms with E-state index in [-0.39, 0.29) is 31.0 Å². The highest BCUT2D eigenvalue weighted by molar-refractivity contribution is 5.83. The lowest BCUT2D eigenvalue weighted by atomic mass is 9.84. The Morgan fingerprint density at radius 3 is 2.47 bits per heavy atom. The Hall–Kier alpha value is -3.22. The van der Waals surface area contributed by atoms with Crippen LogP contribution in [0.4, 0.5) is 13.6 Å². The number of esters is 1. The SMILES string of the molecule is COC(=O)CCC1(c2ccccc2)C=C(c2cc(F)ccc2F)CN1C(=O)N(C)C. The van der Waals surface area contributed by atoms with Gasteiger partial charge in [0.05, 0.1) is 12.6 Å². The van der Waals surface area contributed by atoms with Gasteiger partial charge in [0.2, 0.25) is 0 Å². The van der Waals surface area contributed by atoms with Crippen LogP contribution in [0, 0.1) is 11.6 Å². The van der Waals surface area contributed by atoms with Crippen LogP contribution < -0.4 is 0 Å². The summed E-state index contributed by atoms with van der Waals surface area (Å²) in [5, 5.41) is 0. The molecule has 1 heterocycles. The molecule has 1 aliphatic rings. The van der Waals surface area contributed by atoms with Crippen LogP contribution in [0.15, 0.2) is 54.6 Å². The van der Waals surface area contributed by atoms with E-state index in [2.05, 4.69) is 0 Å². The summed E-state index contributed by atoms with van der Waals surface area (Å²) in [4.78, 5) is 28.1. The number of halogens is 2. The number of nitrogens with zero attached hydrogens (tertiary/aromatic N) is 2. The molecule has 0 fully saturated rings. The van der Waals surface area contributed by atoms with Gasteiger partial charge in [-0.15, -0.1) is 0 Å². The third-order valence-corrected chi connectivity index (χ3v) is 5.32. The minimum Gasteiger partial charge on any atom is -0.469 e. The molecule has 30 heavy (non-hydrogen) atoms. The van der Waals surface area contributed by atoms with Crippen LogP contribution in [0.25, 0.3) is 5.57 Å². The number of ether oxygens (including phenoxy) is 1. The van der Waals surface area contributed by atoms with Crippen molar-refractivity contribution in [3.05, 3.63) is 77.4 Å². The zero-order valence-corrected chi connectivity index (χ0v) is 17.2. The Labute approximate surface area is 174 Å². The van der Waals surface area contributed by atoms with E-state index in [0.717, 1.165) is 23.8 Å². The highest BCUT2D eigenvalue weighted by atomic mass is 19.1. The van der Waals surface area contributed by atoms with Gasteiger partial charge in [0.15, 0.2) is 0 Å². The molecule has 2 aromatic carbocycles. The molecule has 0 aromatic heterocycles. The summed E-state index contributed by atoms with van der Waals surface area (Å²) in [5.41, 5.74) is 0.347. The number of benzene rings is 2. The molecule has 1 aliphatic heterocycles. The molecular formula is C23H24F2N2O3. The van der Waals surface area contributed by atoms with Gasteiger partial charge in [0.1, 0.15) is 11.6 Å². The van der Waals surface area contributed by atoms with Crippen molar-refractivity contribution in [2.75, 3.05) is 27.7 Å². The smallest absolute Gasteiger partial charge is 0.320 e. The van der Waals surface area contributed by atoms with Crippen LogP contribution in [0.5, 0.6) is 0 Å². The number of methoxy groups -OCH3 is 1. The number of carbonyl (C=O) groups is 2. The quantitative estimate of drug-likeness (QED) is 0.690. The first kappa shape index (κ1) is 21.5. The minimum atomic E-state index is -1.01. The molecule has 7 heteroatoms. The van der Waals surface area contributed by atoms with E-state index in [1.807, 2.05) is 30.3 Å². The summed E-state index contributed by atoms with van der Waals surface area (Å²) in [5.74, 6) is -1.55. The van der Waals surface area contributed by atoms with Gasteiger partial charge in [-0.3, -0.25) is 4.79 Å². The lowest BCUT2D eigenvalue weighted by molar-refractivity contribution is -0.141. The van der Waals surface area contributed by atoms with Crippen molar-refractivity contribution in [1.82, 2.24) is 9.80 Å². The number of urea groups is 1. The van der Waals surface area contributed by atoms with E-state index < -0.39 is 23.1 Å². The Balaban J connectivity index is 2.18. The normalized spacial score (nSPS) is 18.2. The maximum absolute atomic E-state index is 14.5. The van der Waals surface area contributed by atoms with E-state index in [0.29, 0.717) is 5.57 Å². The Morgan fingerprint density at radius 1 is 1.13 bits per heavy atom. The molecule has 2 amide bonds. The van der Waals surface area contributed by atoms with Crippen LogP contribution in [0.3, 0.4) is 0 Å². The standard InChI is InChI=1S/C23H24F2N2O3/c1-26(2)22(29)27-15-16(19-13-18(24)9-10-20(19)25)14-23(27,12-11-21(28)30-3)17-7-5-4-6-8-17/h4-10,13-14H,11-12,15H2,1-3H3. The van der Waals surface area contributed by atoms with Crippen LogP contribution in [0.1, 0.15) is 24.0 Å². The fraction of sp³-hybridized carbons (Fsp3) is 0.304. The highest BCUT2D eigenvalue weighted by Crippen LogP contribution is 2.44. The van der Waals surface area contributed by atoms with Gasteiger partial charge in [0.25, 0.3) is 0 Å². The van der Waals surface area contributed by atoms with Crippen molar-refractivity contribution in [2.45, 2.75) is 18.4 Å². The summed E-state index contributed by atoms with van der Waals surface area (Å²) < 4.78 is 33.2. The molecule has 0 saturated heterocycles. The third-order valence-electron chi connectivity index (χ3n) is 5.32. The van der Waals surface area contributed by atoms with Gasteiger partial charge >= 0.3 is 12.0 Å². The average molecular weight is 414 g/mol. The number of rotatable bonds is 5. The molecule has 2 aromatic rings. The van der Waals surface area contributed by atoms with Crippen molar-refractivity contribution >= 4 is 17.6 Å². The second-order valence-corrected chi connectivity index (χ2v) is 7.42. The molecule has 3 rings (SSSR count). The molecule has 0 bridgehead atoms. The molecule has 5 nitrogen and oxygen atoms in total. The topological polar surface area (TPSA) is 49.9 Å². The van der Waals surface area contributed by atoms with Gasteiger partial charge in [-0.1, -0.05) is 30.3 Å². The van der Waals surface area contributed by atoms with Crippen molar-refractivity contribution in [2.24, 2.45) is 0 Å². The maximum Gasteiger partial charge on any atom is 0.320 e. The molecule has 0 spiro atoms. The van der Waals surface area contributed by atoms with Crippen LogP contribution in [-0.4, -0.2) is 49.6 Å². The summed E-state index contributed by atoms with van der Waals surface area (Å²) >= 11 is 0. The molecule has 0 radical (unpaired) electrons. The Bertz CT molecular complexity index is 976. The molecular weight excluding hydrogens is 390 g/mol. The van der Waals surface area contributed by atoms with Gasteiger partial charge in [-0.05, 0) is 41.8 Å². The van der Waals surface area contributed by atoms with Gasteiger partial charge < -0.3 is 14.5 Å². The van der Waals surface area contributed by atoms with E-state index >= 15 is 0 Å². The number of carbonyl (C=O) groups excluding carboxylic acids is 2. The first-order valence-corrected chi connectivity index (χ1v) is 9.57. The second-order valence-electron chi connectivity index (χ2n) is 7.42. The average Bonchev–Trinajstić information content (AvgIpc) is 3.14. The Morgan fingerprint density at radius 2 is 1.83 bits per heavy atom. The van der Waals surface area contributed by atoms with Crippen LogP contribution in [0.2, 0.25) is 0 Å².